The number of thiophene rings is 1. The number of amides is 3. The minimum Gasteiger partial charge on any atom is -0.336 e. The van der Waals surface area contributed by atoms with E-state index in [1.165, 1.54) is 42.3 Å². The number of rotatable bonds is 6. The fourth-order valence-electron chi connectivity index (χ4n) is 5.48. The van der Waals surface area contributed by atoms with E-state index in [0.29, 0.717) is 19.0 Å². The third kappa shape index (κ3) is 3.45. The van der Waals surface area contributed by atoms with E-state index in [1.54, 1.807) is 11.3 Å². The zero-order valence-corrected chi connectivity index (χ0v) is 18.9. The molecule has 1 N–H and O–H groups in total. The lowest BCUT2D eigenvalue weighted by molar-refractivity contribution is -0.126. The van der Waals surface area contributed by atoms with Gasteiger partial charge in [0.2, 0.25) is 5.91 Å². The van der Waals surface area contributed by atoms with Crippen molar-refractivity contribution in [3.63, 3.8) is 0 Å². The van der Waals surface area contributed by atoms with Gasteiger partial charge in [0.05, 0.1) is 10.1 Å². The zero-order valence-electron chi connectivity index (χ0n) is 17.3. The van der Waals surface area contributed by atoms with E-state index in [1.807, 2.05) is 13.0 Å². The molecule has 0 aromatic carbocycles. The number of carbonyl (C=O) groups is 2. The number of nitrogens with zero attached hydrogens (tertiary/aromatic N) is 4. The summed E-state index contributed by atoms with van der Waals surface area (Å²) < 4.78 is 2.26. The van der Waals surface area contributed by atoms with E-state index in [-0.39, 0.29) is 18.0 Å². The highest BCUT2D eigenvalue weighted by atomic mass is 32.2. The van der Waals surface area contributed by atoms with Gasteiger partial charge in [0.25, 0.3) is 0 Å². The Morgan fingerprint density at radius 3 is 2.80 bits per heavy atom. The second-order valence-electron chi connectivity index (χ2n) is 8.71. The van der Waals surface area contributed by atoms with Gasteiger partial charge in [0, 0.05) is 19.1 Å². The van der Waals surface area contributed by atoms with Crippen LogP contribution in [-0.4, -0.2) is 49.9 Å². The quantitative estimate of drug-likeness (QED) is 0.679. The van der Waals surface area contributed by atoms with Crippen molar-refractivity contribution in [2.24, 2.45) is 17.8 Å². The predicted molar refractivity (Wildman–Crippen MR) is 117 cm³/mol. The molecule has 3 heterocycles. The molecule has 2 aliphatic carbocycles. The molecule has 2 aromatic rings. The maximum atomic E-state index is 12.8. The molecule has 1 saturated heterocycles. The van der Waals surface area contributed by atoms with Crippen LogP contribution in [0.3, 0.4) is 0 Å². The predicted octanol–water partition coefficient (Wildman–Crippen LogP) is 4.04. The summed E-state index contributed by atoms with van der Waals surface area (Å²) in [4.78, 5) is 27.1. The van der Waals surface area contributed by atoms with Crippen molar-refractivity contribution in [2.75, 3.05) is 13.1 Å². The molecule has 1 aliphatic heterocycles. The lowest BCUT2D eigenvalue weighted by Gasteiger charge is -2.30. The summed E-state index contributed by atoms with van der Waals surface area (Å²) in [5.41, 5.74) is 0. The van der Waals surface area contributed by atoms with Gasteiger partial charge in [-0.15, -0.1) is 21.5 Å². The molecule has 160 valence electrons. The van der Waals surface area contributed by atoms with Crippen LogP contribution in [0.2, 0.25) is 0 Å². The summed E-state index contributed by atoms with van der Waals surface area (Å²) in [5, 5.41) is 14.2. The minimum absolute atomic E-state index is 0.171. The van der Waals surface area contributed by atoms with Crippen LogP contribution in [0.1, 0.15) is 45.6 Å². The molecular weight excluding hydrogens is 418 g/mol. The van der Waals surface area contributed by atoms with Crippen molar-refractivity contribution in [1.29, 1.82) is 0 Å². The highest BCUT2D eigenvalue weighted by Gasteiger charge is 2.43. The Hall–Kier alpha value is -1.87. The highest BCUT2D eigenvalue weighted by Crippen LogP contribution is 2.53. The number of carbonyl (C=O) groups excluding carboxylic acids is 2. The van der Waals surface area contributed by atoms with Crippen LogP contribution in [0.4, 0.5) is 4.79 Å². The Morgan fingerprint density at radius 2 is 2.17 bits per heavy atom. The molecule has 3 fully saturated rings. The van der Waals surface area contributed by atoms with E-state index >= 15 is 0 Å². The van der Waals surface area contributed by atoms with Crippen LogP contribution >= 0.6 is 23.1 Å². The van der Waals surface area contributed by atoms with Crippen LogP contribution in [0.5, 0.6) is 0 Å². The first-order valence-electron chi connectivity index (χ1n) is 10.8. The van der Waals surface area contributed by atoms with E-state index < -0.39 is 5.25 Å². The summed E-state index contributed by atoms with van der Waals surface area (Å²) in [7, 11) is 0. The monoisotopic (exact) mass is 445 g/mol. The molecule has 0 spiro atoms. The number of fused-ring (bicyclic) bond motifs is 2. The molecule has 30 heavy (non-hydrogen) atoms. The molecule has 5 rings (SSSR count). The third-order valence-electron chi connectivity index (χ3n) is 6.98. The second kappa shape index (κ2) is 8.00. The number of hydrogen-bond acceptors (Lipinski definition) is 6. The van der Waals surface area contributed by atoms with Gasteiger partial charge in [-0.1, -0.05) is 24.2 Å². The number of aromatic nitrogens is 3. The zero-order chi connectivity index (χ0) is 20.8. The Bertz CT molecular complexity index is 943. The lowest BCUT2D eigenvalue weighted by Crippen LogP contribution is -2.39. The number of imide groups is 1. The number of urea groups is 1. The topological polar surface area (TPSA) is 80.1 Å². The van der Waals surface area contributed by atoms with Crippen molar-refractivity contribution >= 4 is 35.0 Å². The van der Waals surface area contributed by atoms with Gasteiger partial charge in [0.1, 0.15) is 0 Å². The van der Waals surface area contributed by atoms with Gasteiger partial charge in [-0.3, -0.25) is 14.3 Å². The first-order chi connectivity index (χ1) is 14.5. The summed E-state index contributed by atoms with van der Waals surface area (Å²) in [6.07, 6.45) is 5.34. The Morgan fingerprint density at radius 1 is 1.30 bits per heavy atom. The number of hydrogen-bond donors (Lipinski definition) is 1. The van der Waals surface area contributed by atoms with E-state index in [9.17, 15) is 9.59 Å². The van der Waals surface area contributed by atoms with Crippen LogP contribution in [0, 0.1) is 17.8 Å². The summed E-state index contributed by atoms with van der Waals surface area (Å²) in [5.74, 6) is 3.01. The van der Waals surface area contributed by atoms with Crippen LogP contribution in [0.25, 0.3) is 10.7 Å². The molecule has 3 aliphatic rings. The third-order valence-corrected chi connectivity index (χ3v) is 8.89. The van der Waals surface area contributed by atoms with Crippen molar-refractivity contribution in [2.45, 2.75) is 56.0 Å². The van der Waals surface area contributed by atoms with Crippen molar-refractivity contribution in [3.8, 4) is 10.7 Å². The maximum absolute atomic E-state index is 12.8. The number of thioether (sulfide) groups is 1. The highest BCUT2D eigenvalue weighted by molar-refractivity contribution is 8.00. The Labute approximate surface area is 184 Å². The van der Waals surface area contributed by atoms with Crippen molar-refractivity contribution in [3.05, 3.63) is 17.5 Å². The fourth-order valence-corrected chi connectivity index (χ4v) is 7.19. The first kappa shape index (κ1) is 20.1. The van der Waals surface area contributed by atoms with Crippen LogP contribution in [0.15, 0.2) is 22.7 Å². The molecule has 0 radical (unpaired) electrons. The van der Waals surface area contributed by atoms with Crippen molar-refractivity contribution in [1.82, 2.24) is 25.0 Å². The van der Waals surface area contributed by atoms with E-state index in [0.717, 1.165) is 27.7 Å². The van der Waals surface area contributed by atoms with E-state index in [2.05, 4.69) is 38.5 Å². The Balaban J connectivity index is 1.43. The van der Waals surface area contributed by atoms with Gasteiger partial charge < -0.3 is 5.32 Å². The van der Waals surface area contributed by atoms with Gasteiger partial charge in [-0.2, -0.15) is 0 Å². The molecule has 5 atom stereocenters. The Kier molecular flexibility index (Phi) is 5.35. The van der Waals surface area contributed by atoms with E-state index in [4.69, 9.17) is 0 Å². The SMILES string of the molecule is C[C@H](Sc1nnc(-c2cccs2)n1[C@H](C)[C@H]1C[C@H]2CC[C@H]1C2)C(=O)N1CCNC1=O. The molecule has 2 aromatic heterocycles. The van der Waals surface area contributed by atoms with Gasteiger partial charge >= 0.3 is 6.03 Å². The van der Waals surface area contributed by atoms with Crippen LogP contribution < -0.4 is 5.32 Å². The average molecular weight is 446 g/mol. The van der Waals surface area contributed by atoms with Crippen molar-refractivity contribution < 1.29 is 9.59 Å². The van der Waals surface area contributed by atoms with Gasteiger partial charge in [-0.05, 0) is 62.3 Å². The summed E-state index contributed by atoms with van der Waals surface area (Å²) >= 11 is 3.08. The maximum Gasteiger partial charge on any atom is 0.324 e. The molecule has 3 amide bonds. The van der Waals surface area contributed by atoms with Gasteiger partial charge in [-0.25, -0.2) is 4.79 Å². The molecular formula is C21H27N5O2S2. The number of nitrogens with one attached hydrogen (secondary N) is 1. The summed E-state index contributed by atoms with van der Waals surface area (Å²) in [6, 6.07) is 4.10. The second-order valence-corrected chi connectivity index (χ2v) is 11.0. The first-order valence-corrected chi connectivity index (χ1v) is 12.5. The van der Waals surface area contributed by atoms with Crippen LogP contribution in [-0.2, 0) is 4.79 Å². The largest absolute Gasteiger partial charge is 0.336 e. The molecule has 9 heteroatoms. The molecule has 7 nitrogen and oxygen atoms in total. The minimum atomic E-state index is -0.403. The van der Waals surface area contributed by atoms with Gasteiger partial charge in [0.15, 0.2) is 11.0 Å². The normalized spacial score (nSPS) is 27.5. The fraction of sp³-hybridized carbons (Fsp3) is 0.619. The molecule has 2 saturated carbocycles. The standard InChI is InChI=1S/C21H27N5O2S2/c1-12(16-11-14-5-6-15(16)10-14)26-18(17-4-3-9-29-17)23-24-21(26)30-13(2)19(27)25-8-7-22-20(25)28/h3-4,9,12-16H,5-8,10-11H2,1-2H3,(H,22,28)/t12-,13+,14+,15+,16-/m1/s1. The smallest absolute Gasteiger partial charge is 0.324 e. The molecule has 2 bridgehead atoms. The molecule has 0 unspecified atom stereocenters. The lowest BCUT2D eigenvalue weighted by atomic mass is 9.84. The summed E-state index contributed by atoms with van der Waals surface area (Å²) in [6.45, 7) is 5.08. The average Bonchev–Trinajstić information content (AvgIpc) is 3.55.